The molecule has 0 heterocycles. The van der Waals surface area contributed by atoms with Gasteiger partial charge in [0, 0.05) is 6.04 Å². The Balaban J connectivity index is 0.00000400. The van der Waals surface area contributed by atoms with Crippen molar-refractivity contribution in [3.05, 3.63) is 47.5 Å². The molecular formula is C13H14ClF6N. The first-order valence-corrected chi connectivity index (χ1v) is 5.72. The monoisotopic (exact) mass is 333 g/mol. The van der Waals surface area contributed by atoms with E-state index < -0.39 is 35.1 Å². The highest BCUT2D eigenvalue weighted by Gasteiger charge is 2.37. The van der Waals surface area contributed by atoms with Crippen LogP contribution in [0.5, 0.6) is 0 Å². The highest BCUT2D eigenvalue weighted by Crippen LogP contribution is 2.38. The molecule has 120 valence electrons. The van der Waals surface area contributed by atoms with Crippen LogP contribution < -0.4 is 5.73 Å². The van der Waals surface area contributed by atoms with Gasteiger partial charge in [0.15, 0.2) is 0 Å². The van der Waals surface area contributed by atoms with Gasteiger partial charge in [-0.2, -0.15) is 26.3 Å². The molecule has 0 spiro atoms. The summed E-state index contributed by atoms with van der Waals surface area (Å²) in [5, 5.41) is 0. The average molecular weight is 334 g/mol. The number of allylic oxidation sites excluding steroid dienone is 1. The molecule has 1 nitrogen and oxygen atoms in total. The first-order chi connectivity index (χ1) is 9.07. The third-order valence-electron chi connectivity index (χ3n) is 2.77. The fraction of sp³-hybridized carbons (Fsp3) is 0.385. The Labute approximate surface area is 124 Å². The number of hydrogen-bond acceptors (Lipinski definition) is 1. The Morgan fingerprint density at radius 2 is 1.67 bits per heavy atom. The number of alkyl halides is 6. The van der Waals surface area contributed by atoms with Crippen LogP contribution in [0, 0.1) is 0 Å². The van der Waals surface area contributed by atoms with Crippen molar-refractivity contribution in [3.63, 3.8) is 0 Å². The molecule has 2 N–H and O–H groups in total. The topological polar surface area (TPSA) is 26.0 Å². The van der Waals surface area contributed by atoms with Crippen LogP contribution in [-0.4, -0.2) is 0 Å². The van der Waals surface area contributed by atoms with E-state index in [2.05, 4.69) is 6.58 Å². The van der Waals surface area contributed by atoms with Gasteiger partial charge < -0.3 is 5.73 Å². The van der Waals surface area contributed by atoms with E-state index in [0.29, 0.717) is 24.6 Å². The van der Waals surface area contributed by atoms with Crippen molar-refractivity contribution in [2.75, 3.05) is 0 Å². The summed E-state index contributed by atoms with van der Waals surface area (Å²) < 4.78 is 76.1. The van der Waals surface area contributed by atoms with Crippen LogP contribution in [0.1, 0.15) is 35.6 Å². The van der Waals surface area contributed by atoms with Crippen molar-refractivity contribution in [2.45, 2.75) is 31.2 Å². The van der Waals surface area contributed by atoms with E-state index in [1.54, 1.807) is 0 Å². The van der Waals surface area contributed by atoms with Crippen molar-refractivity contribution in [2.24, 2.45) is 5.73 Å². The molecule has 0 fully saturated rings. The Hall–Kier alpha value is -1.21. The molecule has 0 saturated carbocycles. The Kier molecular flexibility index (Phi) is 6.76. The number of nitrogens with two attached hydrogens (primary N) is 1. The minimum atomic E-state index is -4.74. The number of benzene rings is 1. The second-order valence-corrected chi connectivity index (χ2v) is 4.27. The number of hydrogen-bond donors (Lipinski definition) is 1. The summed E-state index contributed by atoms with van der Waals surface area (Å²) in [5.74, 6) is 0. The maximum atomic E-state index is 12.8. The lowest BCUT2D eigenvalue weighted by Crippen LogP contribution is -2.19. The van der Waals surface area contributed by atoms with E-state index in [1.807, 2.05) is 0 Å². The lowest BCUT2D eigenvalue weighted by Gasteiger charge is -2.20. The van der Waals surface area contributed by atoms with Gasteiger partial charge in [0.05, 0.1) is 11.1 Å². The van der Waals surface area contributed by atoms with Crippen LogP contribution in [0.2, 0.25) is 0 Å². The third-order valence-corrected chi connectivity index (χ3v) is 2.77. The molecule has 0 radical (unpaired) electrons. The largest absolute Gasteiger partial charge is 0.416 e. The molecule has 21 heavy (non-hydrogen) atoms. The zero-order chi connectivity index (χ0) is 15.6. The summed E-state index contributed by atoms with van der Waals surface area (Å²) in [7, 11) is 0. The van der Waals surface area contributed by atoms with Crippen molar-refractivity contribution in [1.82, 2.24) is 0 Å². The van der Waals surface area contributed by atoms with Crippen LogP contribution >= 0.6 is 12.4 Å². The standard InChI is InChI=1S/C13H13F6N.ClH/c1-2-3-4-11(20)9-7-8(12(14,15)16)5-6-10(9)13(17,18)19;/h2,5-7,11H,1,3-4,20H2;1H/t11-;/m1./s1. The van der Waals surface area contributed by atoms with Crippen molar-refractivity contribution in [1.29, 1.82) is 0 Å². The summed E-state index contributed by atoms with van der Waals surface area (Å²) in [6, 6.07) is 0.168. The molecule has 8 heteroatoms. The van der Waals surface area contributed by atoms with Crippen LogP contribution in [0.4, 0.5) is 26.3 Å². The summed E-state index contributed by atoms with van der Waals surface area (Å²) in [6.07, 6.45) is -7.61. The Morgan fingerprint density at radius 1 is 1.10 bits per heavy atom. The van der Waals surface area contributed by atoms with E-state index in [4.69, 9.17) is 5.73 Å². The second kappa shape index (κ2) is 7.17. The van der Waals surface area contributed by atoms with Gasteiger partial charge in [0.2, 0.25) is 0 Å². The SMILES string of the molecule is C=CCC[C@@H](N)c1cc(C(F)(F)F)ccc1C(F)(F)F.Cl. The van der Waals surface area contributed by atoms with Gasteiger partial charge in [-0.1, -0.05) is 6.08 Å². The van der Waals surface area contributed by atoms with Gasteiger partial charge in [-0.25, -0.2) is 0 Å². The van der Waals surface area contributed by atoms with Crippen LogP contribution in [0.3, 0.4) is 0 Å². The molecule has 1 aromatic rings. The lowest BCUT2D eigenvalue weighted by molar-refractivity contribution is -0.142. The highest BCUT2D eigenvalue weighted by molar-refractivity contribution is 5.85. The Bertz CT molecular complexity index is 481. The maximum Gasteiger partial charge on any atom is 0.416 e. The van der Waals surface area contributed by atoms with E-state index in [9.17, 15) is 26.3 Å². The summed E-state index contributed by atoms with van der Waals surface area (Å²) in [4.78, 5) is 0. The first-order valence-electron chi connectivity index (χ1n) is 5.72. The van der Waals surface area contributed by atoms with Crippen molar-refractivity contribution >= 4 is 12.4 Å². The van der Waals surface area contributed by atoms with E-state index in [1.165, 1.54) is 6.08 Å². The van der Waals surface area contributed by atoms with E-state index in [0.717, 1.165) is 0 Å². The van der Waals surface area contributed by atoms with Crippen molar-refractivity contribution in [3.8, 4) is 0 Å². The summed E-state index contributed by atoms with van der Waals surface area (Å²) in [6.45, 7) is 3.40. The predicted molar refractivity (Wildman–Crippen MR) is 70.1 cm³/mol. The number of rotatable bonds is 4. The van der Waals surface area contributed by atoms with Crippen LogP contribution in [-0.2, 0) is 12.4 Å². The molecule has 1 aromatic carbocycles. The molecule has 1 atom stereocenters. The van der Waals surface area contributed by atoms with E-state index >= 15 is 0 Å². The molecule has 0 aliphatic carbocycles. The highest BCUT2D eigenvalue weighted by atomic mass is 35.5. The lowest BCUT2D eigenvalue weighted by atomic mass is 9.94. The van der Waals surface area contributed by atoms with Gasteiger partial charge in [0.25, 0.3) is 0 Å². The molecule has 0 aromatic heterocycles. The average Bonchev–Trinajstić information content (AvgIpc) is 2.33. The van der Waals surface area contributed by atoms with E-state index in [-0.39, 0.29) is 18.8 Å². The zero-order valence-electron chi connectivity index (χ0n) is 10.8. The smallest absolute Gasteiger partial charge is 0.324 e. The third kappa shape index (κ3) is 5.24. The number of halogens is 7. The predicted octanol–water partition coefficient (Wildman–Crippen LogP) is 5.11. The summed E-state index contributed by atoms with van der Waals surface area (Å²) >= 11 is 0. The normalized spacial score (nSPS) is 13.5. The summed E-state index contributed by atoms with van der Waals surface area (Å²) in [5.41, 5.74) is 2.75. The van der Waals surface area contributed by atoms with Crippen LogP contribution in [0.25, 0.3) is 0 Å². The minimum Gasteiger partial charge on any atom is -0.324 e. The molecular weight excluding hydrogens is 320 g/mol. The Morgan fingerprint density at radius 3 is 2.10 bits per heavy atom. The quantitative estimate of drug-likeness (QED) is 0.601. The molecule has 0 aliphatic heterocycles. The van der Waals surface area contributed by atoms with Gasteiger partial charge >= 0.3 is 12.4 Å². The van der Waals surface area contributed by atoms with Gasteiger partial charge in [0.1, 0.15) is 0 Å². The van der Waals surface area contributed by atoms with Crippen molar-refractivity contribution < 1.29 is 26.3 Å². The molecule has 0 unspecified atom stereocenters. The second-order valence-electron chi connectivity index (χ2n) is 4.27. The van der Waals surface area contributed by atoms with Gasteiger partial charge in [-0.3, -0.25) is 0 Å². The van der Waals surface area contributed by atoms with Crippen LogP contribution in [0.15, 0.2) is 30.9 Å². The zero-order valence-corrected chi connectivity index (χ0v) is 11.6. The van der Waals surface area contributed by atoms with Gasteiger partial charge in [-0.05, 0) is 36.6 Å². The molecule has 0 amide bonds. The molecule has 0 saturated heterocycles. The molecule has 0 bridgehead atoms. The fourth-order valence-electron chi connectivity index (χ4n) is 1.76. The fourth-order valence-corrected chi connectivity index (χ4v) is 1.76. The molecule has 0 aliphatic rings. The van der Waals surface area contributed by atoms with Gasteiger partial charge in [-0.15, -0.1) is 19.0 Å². The maximum absolute atomic E-state index is 12.8. The molecule has 1 rings (SSSR count). The first kappa shape index (κ1) is 19.8. The minimum absolute atomic E-state index is 0.